The van der Waals surface area contributed by atoms with Gasteiger partial charge in [0.05, 0.1) is 22.5 Å². The fourth-order valence-electron chi connectivity index (χ4n) is 5.93. The summed E-state index contributed by atoms with van der Waals surface area (Å²) in [6, 6.07) is 8.64. The molecule has 1 N–H and O–H groups in total. The number of rotatable bonds is 5. The molecule has 0 aliphatic carbocycles. The number of carbonyl (C=O) groups is 1. The molecule has 1 aromatic carbocycles. The lowest BCUT2D eigenvalue weighted by atomic mass is 9.78. The van der Waals surface area contributed by atoms with Gasteiger partial charge in [-0.15, -0.1) is 0 Å². The summed E-state index contributed by atoms with van der Waals surface area (Å²) >= 11 is 0. The monoisotopic (exact) mass is 518 g/mol. The molecule has 2 fully saturated rings. The SMILES string of the molecule is CCC1C(=Nc2cc(-n3nc(C)c(C(=O)N4CCCC4C)c3C)ncn2)NN(C)C1(C)c1ccc(F)cc1. The largest absolute Gasteiger partial charge is 0.336 e. The van der Waals surface area contributed by atoms with Crippen molar-refractivity contribution in [1.82, 2.24) is 35.1 Å². The number of hydrogen-bond acceptors (Lipinski definition) is 6. The van der Waals surface area contributed by atoms with Gasteiger partial charge in [-0.25, -0.2) is 29.0 Å². The number of aliphatic imine (C=N–C) groups is 1. The molecule has 0 bridgehead atoms. The van der Waals surface area contributed by atoms with E-state index in [0.29, 0.717) is 22.9 Å². The summed E-state index contributed by atoms with van der Waals surface area (Å²) in [4.78, 5) is 29.0. The van der Waals surface area contributed by atoms with E-state index in [9.17, 15) is 9.18 Å². The fourth-order valence-corrected chi connectivity index (χ4v) is 5.93. The molecule has 3 aromatic rings. The Balaban J connectivity index is 1.47. The third kappa shape index (κ3) is 4.26. The highest BCUT2D eigenvalue weighted by atomic mass is 19.1. The van der Waals surface area contributed by atoms with Crippen molar-refractivity contribution in [2.45, 2.75) is 65.5 Å². The summed E-state index contributed by atoms with van der Waals surface area (Å²) in [5.74, 6) is 1.60. The van der Waals surface area contributed by atoms with Gasteiger partial charge < -0.3 is 10.3 Å². The van der Waals surface area contributed by atoms with Gasteiger partial charge >= 0.3 is 0 Å². The van der Waals surface area contributed by atoms with Crippen LogP contribution in [0.2, 0.25) is 0 Å². The smallest absolute Gasteiger partial charge is 0.257 e. The van der Waals surface area contributed by atoms with Crippen LogP contribution in [0, 0.1) is 25.6 Å². The topological polar surface area (TPSA) is 91.5 Å². The van der Waals surface area contributed by atoms with Gasteiger partial charge in [0.2, 0.25) is 0 Å². The van der Waals surface area contributed by atoms with Gasteiger partial charge in [0.25, 0.3) is 5.91 Å². The molecular weight excluding hydrogens is 483 g/mol. The molecule has 2 aliphatic rings. The van der Waals surface area contributed by atoms with Crippen LogP contribution >= 0.6 is 0 Å². The van der Waals surface area contributed by atoms with E-state index in [0.717, 1.165) is 42.9 Å². The number of nitrogens with zero attached hydrogens (tertiary/aromatic N) is 7. The van der Waals surface area contributed by atoms with E-state index in [1.807, 2.05) is 42.9 Å². The van der Waals surface area contributed by atoms with E-state index >= 15 is 0 Å². The third-order valence-corrected chi connectivity index (χ3v) is 8.23. The van der Waals surface area contributed by atoms with Gasteiger partial charge in [0, 0.05) is 31.6 Å². The van der Waals surface area contributed by atoms with Crippen LogP contribution < -0.4 is 5.43 Å². The van der Waals surface area contributed by atoms with Crippen molar-refractivity contribution in [2.75, 3.05) is 13.6 Å². The summed E-state index contributed by atoms with van der Waals surface area (Å²) in [5.41, 5.74) is 6.03. The second-order valence-electron chi connectivity index (χ2n) is 10.5. The number of amides is 1. The first-order valence-electron chi connectivity index (χ1n) is 13.2. The molecule has 2 aromatic heterocycles. The van der Waals surface area contributed by atoms with Crippen LogP contribution in [0.3, 0.4) is 0 Å². The van der Waals surface area contributed by atoms with Crippen molar-refractivity contribution in [2.24, 2.45) is 10.9 Å². The summed E-state index contributed by atoms with van der Waals surface area (Å²) < 4.78 is 15.3. The molecule has 10 heteroatoms. The molecule has 4 heterocycles. The van der Waals surface area contributed by atoms with Crippen molar-refractivity contribution in [3.63, 3.8) is 0 Å². The van der Waals surface area contributed by atoms with Crippen LogP contribution in [0.5, 0.6) is 0 Å². The van der Waals surface area contributed by atoms with Gasteiger partial charge in [0.15, 0.2) is 11.6 Å². The number of hydrogen-bond donors (Lipinski definition) is 1. The number of halogens is 1. The normalized spacial score (nSPS) is 24.8. The maximum absolute atomic E-state index is 13.6. The molecule has 2 aliphatic heterocycles. The average molecular weight is 519 g/mol. The lowest BCUT2D eigenvalue weighted by Crippen LogP contribution is -2.43. The maximum Gasteiger partial charge on any atom is 0.257 e. The number of aromatic nitrogens is 4. The molecule has 2 saturated heterocycles. The molecular formula is C28H35FN8O. The zero-order chi connectivity index (χ0) is 27.2. The minimum atomic E-state index is -0.422. The van der Waals surface area contributed by atoms with Crippen molar-refractivity contribution < 1.29 is 9.18 Å². The van der Waals surface area contributed by atoms with Gasteiger partial charge in [-0.05, 0) is 64.7 Å². The highest BCUT2D eigenvalue weighted by Gasteiger charge is 2.48. The van der Waals surface area contributed by atoms with Gasteiger partial charge in [-0.1, -0.05) is 19.1 Å². The number of amidine groups is 1. The Labute approximate surface area is 222 Å². The first-order valence-corrected chi connectivity index (χ1v) is 13.2. The van der Waals surface area contributed by atoms with Crippen LogP contribution in [0.15, 0.2) is 41.7 Å². The summed E-state index contributed by atoms with van der Waals surface area (Å²) in [6.07, 6.45) is 4.33. The third-order valence-electron chi connectivity index (χ3n) is 8.23. The van der Waals surface area contributed by atoms with E-state index in [1.165, 1.54) is 18.5 Å². The fraction of sp³-hybridized carbons (Fsp3) is 0.464. The lowest BCUT2D eigenvalue weighted by molar-refractivity contribution is 0.0746. The highest BCUT2D eigenvalue weighted by Crippen LogP contribution is 2.41. The van der Waals surface area contributed by atoms with E-state index in [1.54, 1.807) is 10.7 Å². The predicted molar refractivity (Wildman–Crippen MR) is 144 cm³/mol. The first-order chi connectivity index (χ1) is 18.1. The van der Waals surface area contributed by atoms with Gasteiger partial charge in [-0.2, -0.15) is 5.10 Å². The second kappa shape index (κ2) is 9.90. The minimum absolute atomic E-state index is 0.0230. The minimum Gasteiger partial charge on any atom is -0.336 e. The first kappa shape index (κ1) is 26.0. The molecule has 1 amide bonds. The van der Waals surface area contributed by atoms with Gasteiger partial charge in [0.1, 0.15) is 18.0 Å². The molecule has 3 atom stereocenters. The second-order valence-corrected chi connectivity index (χ2v) is 10.5. The Morgan fingerprint density at radius 3 is 2.63 bits per heavy atom. The van der Waals surface area contributed by atoms with Crippen molar-refractivity contribution in [3.8, 4) is 5.82 Å². The Morgan fingerprint density at radius 2 is 1.97 bits per heavy atom. The van der Waals surface area contributed by atoms with E-state index in [4.69, 9.17) is 4.99 Å². The van der Waals surface area contributed by atoms with E-state index in [2.05, 4.69) is 41.3 Å². The van der Waals surface area contributed by atoms with E-state index < -0.39 is 5.54 Å². The van der Waals surface area contributed by atoms with Crippen LogP contribution in [0.1, 0.15) is 67.3 Å². The number of aryl methyl sites for hydroxylation is 1. The van der Waals surface area contributed by atoms with Crippen LogP contribution in [-0.4, -0.2) is 61.0 Å². The van der Waals surface area contributed by atoms with Crippen molar-refractivity contribution in [1.29, 1.82) is 0 Å². The molecule has 0 saturated carbocycles. The van der Waals surface area contributed by atoms with Gasteiger partial charge in [-0.3, -0.25) is 4.79 Å². The standard InChI is InChI=1S/C28H35FN8O/c1-7-22-26(34-35(6)28(22,5)20-10-12-21(29)13-11-20)32-23-15-24(31-16-30-23)37-19(4)25(18(3)33-37)27(38)36-14-8-9-17(36)2/h10-13,15-17,22H,7-9,14H2,1-6H3,(H,30,31,32,34). The highest BCUT2D eigenvalue weighted by molar-refractivity contribution is 5.97. The number of hydrazine groups is 1. The molecule has 5 rings (SSSR count). The van der Waals surface area contributed by atoms with Crippen LogP contribution in [-0.2, 0) is 5.54 Å². The summed E-state index contributed by atoms with van der Waals surface area (Å²) in [7, 11) is 1.97. The predicted octanol–water partition coefficient (Wildman–Crippen LogP) is 4.46. The van der Waals surface area contributed by atoms with Crippen molar-refractivity contribution in [3.05, 3.63) is 65.0 Å². The average Bonchev–Trinajstić information content (AvgIpc) is 3.53. The van der Waals surface area contributed by atoms with Crippen molar-refractivity contribution >= 4 is 17.6 Å². The Morgan fingerprint density at radius 1 is 1.24 bits per heavy atom. The molecule has 200 valence electrons. The summed E-state index contributed by atoms with van der Waals surface area (Å²) in [6.45, 7) is 10.9. The number of benzene rings is 1. The lowest BCUT2D eigenvalue weighted by Gasteiger charge is -2.35. The zero-order valence-corrected chi connectivity index (χ0v) is 22.9. The van der Waals surface area contributed by atoms with Crippen LogP contribution in [0.4, 0.5) is 10.2 Å². The Hall–Kier alpha value is -3.66. The zero-order valence-electron chi connectivity index (χ0n) is 22.9. The number of carbonyl (C=O) groups excluding carboxylic acids is 1. The Bertz CT molecular complexity index is 1380. The number of likely N-dealkylation sites (tertiary alicyclic amines) is 1. The van der Waals surface area contributed by atoms with Crippen LogP contribution in [0.25, 0.3) is 5.82 Å². The quantitative estimate of drug-likeness (QED) is 0.536. The maximum atomic E-state index is 13.6. The molecule has 0 radical (unpaired) electrons. The molecule has 0 spiro atoms. The van der Waals surface area contributed by atoms with E-state index in [-0.39, 0.29) is 23.7 Å². The molecule has 9 nitrogen and oxygen atoms in total. The molecule has 3 unspecified atom stereocenters. The number of nitrogens with one attached hydrogen (secondary N) is 1. The molecule has 38 heavy (non-hydrogen) atoms. The Kier molecular flexibility index (Phi) is 6.77. The summed E-state index contributed by atoms with van der Waals surface area (Å²) in [5, 5.41) is 6.68.